The minimum Gasteiger partial charge on any atom is -0.451 e. The predicted octanol–water partition coefficient (Wildman–Crippen LogP) is 2.20. The van der Waals surface area contributed by atoms with Crippen LogP contribution in [-0.2, 0) is 10.0 Å². The van der Waals surface area contributed by atoms with E-state index in [0.717, 1.165) is 19.3 Å². The standard InChI is InChI=1S/C13H17N3O4S/c1-9-5-3-4-6-16(9)21(17,18)12-7-11(8-19-12)13-15-14-10(2)20-13/h7-9H,3-6H2,1-2H3. The molecule has 1 atom stereocenters. The van der Waals surface area contributed by atoms with E-state index in [-0.39, 0.29) is 17.0 Å². The first kappa shape index (κ1) is 14.3. The van der Waals surface area contributed by atoms with Crippen LogP contribution in [0.15, 0.2) is 26.3 Å². The van der Waals surface area contributed by atoms with E-state index in [0.29, 0.717) is 18.0 Å². The van der Waals surface area contributed by atoms with Crippen LogP contribution in [0.1, 0.15) is 32.1 Å². The third kappa shape index (κ3) is 2.60. The number of hydrogen-bond donors (Lipinski definition) is 0. The fraction of sp³-hybridized carbons (Fsp3) is 0.538. The monoisotopic (exact) mass is 311 g/mol. The van der Waals surface area contributed by atoms with Crippen LogP contribution >= 0.6 is 0 Å². The topological polar surface area (TPSA) is 89.4 Å². The second kappa shape index (κ2) is 5.27. The first-order valence-electron chi connectivity index (χ1n) is 6.89. The summed E-state index contributed by atoms with van der Waals surface area (Å²) in [5.74, 6) is 0.671. The van der Waals surface area contributed by atoms with E-state index in [1.54, 1.807) is 6.92 Å². The van der Waals surface area contributed by atoms with E-state index < -0.39 is 10.0 Å². The molecule has 1 unspecified atom stereocenters. The molecule has 0 spiro atoms. The molecule has 8 heteroatoms. The highest BCUT2D eigenvalue weighted by Crippen LogP contribution is 2.29. The number of furan rings is 1. The molecule has 1 aliphatic heterocycles. The smallest absolute Gasteiger partial charge is 0.276 e. The summed E-state index contributed by atoms with van der Waals surface area (Å²) < 4.78 is 37.2. The minimum absolute atomic E-state index is 0.0112. The fourth-order valence-electron chi connectivity index (χ4n) is 2.52. The molecule has 114 valence electrons. The van der Waals surface area contributed by atoms with Gasteiger partial charge in [-0.05, 0) is 19.8 Å². The third-order valence-electron chi connectivity index (χ3n) is 3.65. The van der Waals surface area contributed by atoms with Gasteiger partial charge in [0.05, 0.1) is 5.56 Å². The summed E-state index contributed by atoms with van der Waals surface area (Å²) >= 11 is 0. The Hall–Kier alpha value is -1.67. The second-order valence-corrected chi connectivity index (χ2v) is 7.06. The number of hydrogen-bond acceptors (Lipinski definition) is 6. The molecule has 2 aromatic heterocycles. The molecule has 21 heavy (non-hydrogen) atoms. The number of nitrogens with zero attached hydrogens (tertiary/aromatic N) is 3. The summed E-state index contributed by atoms with van der Waals surface area (Å²) in [5, 5.41) is 7.49. The summed E-state index contributed by atoms with van der Waals surface area (Å²) in [7, 11) is -3.61. The van der Waals surface area contributed by atoms with Gasteiger partial charge in [-0.2, -0.15) is 4.31 Å². The minimum atomic E-state index is -3.61. The van der Waals surface area contributed by atoms with Crippen LogP contribution in [0.4, 0.5) is 0 Å². The Morgan fingerprint density at radius 3 is 2.81 bits per heavy atom. The van der Waals surface area contributed by atoms with Gasteiger partial charge >= 0.3 is 0 Å². The van der Waals surface area contributed by atoms with Crippen LogP contribution in [-0.4, -0.2) is 35.5 Å². The molecule has 0 bridgehead atoms. The average molecular weight is 311 g/mol. The van der Waals surface area contributed by atoms with E-state index >= 15 is 0 Å². The zero-order chi connectivity index (χ0) is 15.0. The van der Waals surface area contributed by atoms with E-state index in [1.807, 2.05) is 6.92 Å². The summed E-state index contributed by atoms with van der Waals surface area (Å²) in [5.41, 5.74) is 0.471. The van der Waals surface area contributed by atoms with Crippen LogP contribution < -0.4 is 0 Å². The van der Waals surface area contributed by atoms with Crippen molar-refractivity contribution in [1.29, 1.82) is 0 Å². The maximum absolute atomic E-state index is 12.6. The van der Waals surface area contributed by atoms with Crippen molar-refractivity contribution in [3.05, 3.63) is 18.2 Å². The Labute approximate surface area is 123 Å². The molecule has 2 aromatic rings. The van der Waals surface area contributed by atoms with Crippen LogP contribution in [0.5, 0.6) is 0 Å². The Morgan fingerprint density at radius 1 is 1.33 bits per heavy atom. The van der Waals surface area contributed by atoms with E-state index in [4.69, 9.17) is 8.83 Å². The van der Waals surface area contributed by atoms with Crippen LogP contribution in [0.3, 0.4) is 0 Å². The highest BCUT2D eigenvalue weighted by Gasteiger charge is 2.33. The number of aromatic nitrogens is 2. The van der Waals surface area contributed by atoms with Crippen molar-refractivity contribution >= 4 is 10.0 Å². The van der Waals surface area contributed by atoms with E-state index in [9.17, 15) is 8.42 Å². The summed E-state index contributed by atoms with van der Waals surface area (Å²) in [6.45, 7) is 4.12. The number of rotatable bonds is 3. The van der Waals surface area contributed by atoms with Crippen molar-refractivity contribution in [2.45, 2.75) is 44.2 Å². The van der Waals surface area contributed by atoms with Gasteiger partial charge in [-0.15, -0.1) is 10.2 Å². The van der Waals surface area contributed by atoms with Crippen molar-refractivity contribution in [3.63, 3.8) is 0 Å². The number of aryl methyl sites for hydroxylation is 1. The Balaban J connectivity index is 1.91. The molecule has 0 N–H and O–H groups in total. The molecule has 1 saturated heterocycles. The van der Waals surface area contributed by atoms with Gasteiger partial charge in [0.2, 0.25) is 11.0 Å². The van der Waals surface area contributed by atoms with E-state index in [1.165, 1.54) is 16.6 Å². The maximum Gasteiger partial charge on any atom is 0.276 e. The summed E-state index contributed by atoms with van der Waals surface area (Å²) in [4.78, 5) is 0. The molecule has 0 saturated carbocycles. The van der Waals surface area contributed by atoms with Gasteiger partial charge in [-0.1, -0.05) is 6.42 Å². The number of sulfonamides is 1. The molecule has 3 heterocycles. The maximum atomic E-state index is 12.6. The van der Waals surface area contributed by atoms with Crippen LogP contribution in [0.2, 0.25) is 0 Å². The lowest BCUT2D eigenvalue weighted by Gasteiger charge is -2.31. The van der Waals surface area contributed by atoms with Gasteiger partial charge in [0.1, 0.15) is 6.26 Å². The highest BCUT2D eigenvalue weighted by molar-refractivity contribution is 7.89. The lowest BCUT2D eigenvalue weighted by Crippen LogP contribution is -2.41. The van der Waals surface area contributed by atoms with Crippen molar-refractivity contribution in [2.24, 2.45) is 0 Å². The summed E-state index contributed by atoms with van der Waals surface area (Å²) in [6, 6.07) is 1.42. The zero-order valence-corrected chi connectivity index (χ0v) is 12.8. The zero-order valence-electron chi connectivity index (χ0n) is 11.9. The Bertz CT molecular complexity index is 734. The summed E-state index contributed by atoms with van der Waals surface area (Å²) in [6.07, 6.45) is 4.13. The third-order valence-corrected chi connectivity index (χ3v) is 5.54. The van der Waals surface area contributed by atoms with E-state index in [2.05, 4.69) is 10.2 Å². The van der Waals surface area contributed by atoms with Crippen LogP contribution in [0.25, 0.3) is 11.5 Å². The lowest BCUT2D eigenvalue weighted by atomic mass is 10.1. The molecular formula is C13H17N3O4S. The SMILES string of the molecule is Cc1nnc(-c2coc(S(=O)(=O)N3CCCCC3C)c2)o1. The van der Waals surface area contributed by atoms with Gasteiger partial charge in [0, 0.05) is 25.6 Å². The van der Waals surface area contributed by atoms with Gasteiger partial charge in [0.25, 0.3) is 15.9 Å². The molecule has 0 aromatic carbocycles. The van der Waals surface area contributed by atoms with Crippen molar-refractivity contribution in [2.75, 3.05) is 6.54 Å². The van der Waals surface area contributed by atoms with Gasteiger partial charge in [0.15, 0.2) is 0 Å². The quantitative estimate of drug-likeness (QED) is 0.863. The highest BCUT2D eigenvalue weighted by atomic mass is 32.2. The largest absolute Gasteiger partial charge is 0.451 e. The Kier molecular flexibility index (Phi) is 3.58. The normalized spacial score (nSPS) is 20.8. The van der Waals surface area contributed by atoms with Gasteiger partial charge in [-0.3, -0.25) is 0 Å². The molecule has 0 radical (unpaired) electrons. The lowest BCUT2D eigenvalue weighted by molar-refractivity contribution is 0.262. The number of piperidine rings is 1. The molecular weight excluding hydrogens is 294 g/mol. The van der Waals surface area contributed by atoms with Crippen molar-refractivity contribution < 1.29 is 17.3 Å². The molecule has 1 fully saturated rings. The molecule has 3 rings (SSSR count). The first-order valence-corrected chi connectivity index (χ1v) is 8.33. The average Bonchev–Trinajstić information content (AvgIpc) is 3.07. The van der Waals surface area contributed by atoms with Crippen LogP contribution in [0, 0.1) is 6.92 Å². The van der Waals surface area contributed by atoms with Crippen molar-refractivity contribution in [3.8, 4) is 11.5 Å². The molecule has 0 amide bonds. The second-order valence-electron chi connectivity index (χ2n) is 5.24. The predicted molar refractivity (Wildman–Crippen MR) is 73.9 cm³/mol. The van der Waals surface area contributed by atoms with Crippen molar-refractivity contribution in [1.82, 2.24) is 14.5 Å². The Morgan fingerprint density at radius 2 is 2.14 bits per heavy atom. The molecule has 7 nitrogen and oxygen atoms in total. The molecule has 1 aliphatic rings. The fourth-order valence-corrected chi connectivity index (χ4v) is 4.15. The van der Waals surface area contributed by atoms with Gasteiger partial charge in [-0.25, -0.2) is 8.42 Å². The first-order chi connectivity index (χ1) is 9.98. The van der Waals surface area contributed by atoms with Gasteiger partial charge < -0.3 is 8.83 Å². The molecule has 0 aliphatic carbocycles.